The number of rotatable bonds is 7. The molecule has 5 nitrogen and oxygen atoms in total. The summed E-state index contributed by atoms with van der Waals surface area (Å²) in [5.74, 6) is -0.244. The minimum absolute atomic E-state index is 0.117. The van der Waals surface area contributed by atoms with Gasteiger partial charge >= 0.3 is 0 Å². The second-order valence-electron chi connectivity index (χ2n) is 5.50. The topological polar surface area (TPSA) is 66.5 Å². The molecule has 0 aliphatic heterocycles. The zero-order chi connectivity index (χ0) is 14.4. The van der Waals surface area contributed by atoms with Crippen molar-refractivity contribution >= 4 is 15.9 Å². The molecule has 0 aromatic carbocycles. The van der Waals surface area contributed by atoms with Crippen LogP contribution in [0.2, 0.25) is 0 Å². The van der Waals surface area contributed by atoms with Crippen molar-refractivity contribution in [3.63, 3.8) is 0 Å². The average Bonchev–Trinajstić information content (AvgIpc) is 2.18. The van der Waals surface area contributed by atoms with Gasteiger partial charge in [0, 0.05) is 12.1 Å². The van der Waals surface area contributed by atoms with Crippen LogP contribution in [0.1, 0.15) is 47.0 Å². The molecule has 6 heteroatoms. The fourth-order valence-corrected chi connectivity index (χ4v) is 2.99. The molecule has 0 radical (unpaired) electrons. The lowest BCUT2D eigenvalue weighted by atomic mass is 10.1. The number of carbonyl (C=O) groups excluding carboxylic acids is 1. The van der Waals surface area contributed by atoms with Gasteiger partial charge in [0.05, 0.1) is 12.8 Å². The van der Waals surface area contributed by atoms with Crippen molar-refractivity contribution in [2.75, 3.05) is 19.3 Å². The van der Waals surface area contributed by atoms with Crippen molar-refractivity contribution in [3.05, 3.63) is 0 Å². The molecule has 0 unspecified atom stereocenters. The van der Waals surface area contributed by atoms with Crippen LogP contribution in [-0.2, 0) is 14.8 Å². The summed E-state index contributed by atoms with van der Waals surface area (Å²) in [5, 5.41) is 2.75. The maximum Gasteiger partial charge on any atom is 0.235 e. The molecule has 108 valence electrons. The van der Waals surface area contributed by atoms with E-state index in [4.69, 9.17) is 0 Å². The highest BCUT2D eigenvalue weighted by Crippen LogP contribution is 2.16. The average molecular weight is 278 g/mol. The van der Waals surface area contributed by atoms with Crippen LogP contribution in [0.4, 0.5) is 0 Å². The Morgan fingerprint density at radius 2 is 1.78 bits per heavy atom. The molecular formula is C12H26N2O3S. The summed E-state index contributed by atoms with van der Waals surface area (Å²) in [6.45, 7) is 7.91. The number of amides is 1. The molecule has 0 spiro atoms. The first-order valence-corrected chi connectivity index (χ1v) is 8.18. The van der Waals surface area contributed by atoms with Crippen LogP contribution in [-0.4, -0.2) is 43.5 Å². The van der Waals surface area contributed by atoms with Crippen molar-refractivity contribution in [2.24, 2.45) is 0 Å². The van der Waals surface area contributed by atoms with E-state index in [1.807, 2.05) is 0 Å². The second-order valence-corrected chi connectivity index (χ2v) is 7.40. The van der Waals surface area contributed by atoms with E-state index in [9.17, 15) is 13.2 Å². The standard InChI is InChI=1S/C12H26N2O3S/c1-6-7-8-9-13-11(15)10-14(12(2,3)4)18(5,16)17/h6-10H2,1-5H3,(H,13,15). The molecule has 0 rings (SSSR count). The van der Waals surface area contributed by atoms with Gasteiger partial charge < -0.3 is 5.32 Å². The van der Waals surface area contributed by atoms with Crippen LogP contribution in [0.3, 0.4) is 0 Å². The molecule has 0 bridgehead atoms. The molecule has 1 N–H and O–H groups in total. The maximum absolute atomic E-state index is 11.7. The summed E-state index contributed by atoms with van der Waals surface area (Å²) in [7, 11) is -3.38. The van der Waals surface area contributed by atoms with E-state index < -0.39 is 15.6 Å². The zero-order valence-corrected chi connectivity index (χ0v) is 12.9. The monoisotopic (exact) mass is 278 g/mol. The fraction of sp³-hybridized carbons (Fsp3) is 0.917. The molecule has 0 heterocycles. The molecule has 0 saturated heterocycles. The normalized spacial score (nSPS) is 12.8. The zero-order valence-electron chi connectivity index (χ0n) is 12.1. The SMILES string of the molecule is CCCCCNC(=O)CN(C(C)(C)C)S(C)(=O)=O. The van der Waals surface area contributed by atoms with Crippen LogP contribution in [0.5, 0.6) is 0 Å². The predicted octanol–water partition coefficient (Wildman–Crippen LogP) is 1.35. The van der Waals surface area contributed by atoms with Crippen molar-refractivity contribution in [3.8, 4) is 0 Å². The lowest BCUT2D eigenvalue weighted by molar-refractivity contribution is -0.122. The Morgan fingerprint density at radius 1 is 1.22 bits per heavy atom. The van der Waals surface area contributed by atoms with E-state index in [-0.39, 0.29) is 12.5 Å². The largest absolute Gasteiger partial charge is 0.355 e. The van der Waals surface area contributed by atoms with Crippen molar-refractivity contribution in [2.45, 2.75) is 52.5 Å². The minimum atomic E-state index is -3.38. The molecule has 1 amide bonds. The van der Waals surface area contributed by atoms with Crippen LogP contribution in [0, 0.1) is 0 Å². The van der Waals surface area contributed by atoms with E-state index in [2.05, 4.69) is 12.2 Å². The fourth-order valence-electron chi connectivity index (χ4n) is 1.64. The first-order chi connectivity index (χ1) is 8.09. The maximum atomic E-state index is 11.7. The van der Waals surface area contributed by atoms with Crippen molar-refractivity contribution < 1.29 is 13.2 Å². The predicted molar refractivity (Wildman–Crippen MR) is 73.8 cm³/mol. The third-order valence-corrected chi connectivity index (χ3v) is 4.02. The Balaban J connectivity index is 4.40. The lowest BCUT2D eigenvalue weighted by Crippen LogP contribution is -2.49. The number of hydrogen-bond donors (Lipinski definition) is 1. The van der Waals surface area contributed by atoms with Gasteiger partial charge in [0.15, 0.2) is 0 Å². The number of carbonyl (C=O) groups is 1. The van der Waals surface area contributed by atoms with Gasteiger partial charge in [0.2, 0.25) is 15.9 Å². The van der Waals surface area contributed by atoms with E-state index in [1.165, 1.54) is 4.31 Å². The van der Waals surface area contributed by atoms with Crippen molar-refractivity contribution in [1.82, 2.24) is 9.62 Å². The van der Waals surface area contributed by atoms with Gasteiger partial charge in [0.25, 0.3) is 0 Å². The van der Waals surface area contributed by atoms with E-state index in [0.717, 1.165) is 25.5 Å². The number of unbranched alkanes of at least 4 members (excludes halogenated alkanes) is 2. The Kier molecular flexibility index (Phi) is 6.84. The number of hydrogen-bond acceptors (Lipinski definition) is 3. The highest BCUT2D eigenvalue weighted by atomic mass is 32.2. The molecule has 0 aliphatic carbocycles. The number of sulfonamides is 1. The third-order valence-electron chi connectivity index (χ3n) is 2.54. The van der Waals surface area contributed by atoms with E-state index in [0.29, 0.717) is 6.54 Å². The lowest BCUT2D eigenvalue weighted by Gasteiger charge is -2.32. The van der Waals surface area contributed by atoms with Gasteiger partial charge in [-0.2, -0.15) is 4.31 Å². The van der Waals surface area contributed by atoms with Gasteiger partial charge in [-0.25, -0.2) is 8.42 Å². The van der Waals surface area contributed by atoms with Crippen LogP contribution >= 0.6 is 0 Å². The third kappa shape index (κ3) is 6.96. The van der Waals surface area contributed by atoms with Gasteiger partial charge in [-0.15, -0.1) is 0 Å². The highest BCUT2D eigenvalue weighted by Gasteiger charge is 2.31. The van der Waals surface area contributed by atoms with Crippen LogP contribution < -0.4 is 5.32 Å². The molecule has 0 fully saturated rings. The summed E-state index contributed by atoms with van der Waals surface area (Å²) in [4.78, 5) is 11.7. The Morgan fingerprint density at radius 3 is 2.17 bits per heavy atom. The molecular weight excluding hydrogens is 252 g/mol. The smallest absolute Gasteiger partial charge is 0.235 e. The molecule has 0 aliphatic rings. The van der Waals surface area contributed by atoms with E-state index in [1.54, 1.807) is 20.8 Å². The first kappa shape index (κ1) is 17.4. The van der Waals surface area contributed by atoms with Gasteiger partial charge in [-0.05, 0) is 27.2 Å². The van der Waals surface area contributed by atoms with E-state index >= 15 is 0 Å². The second kappa shape index (κ2) is 7.09. The summed E-state index contributed by atoms with van der Waals surface area (Å²) >= 11 is 0. The van der Waals surface area contributed by atoms with Crippen LogP contribution in [0.25, 0.3) is 0 Å². The Hall–Kier alpha value is -0.620. The van der Waals surface area contributed by atoms with Gasteiger partial charge in [-0.3, -0.25) is 4.79 Å². The van der Waals surface area contributed by atoms with Gasteiger partial charge in [-0.1, -0.05) is 19.8 Å². The summed E-state index contributed by atoms with van der Waals surface area (Å²) in [6.07, 6.45) is 4.21. The summed E-state index contributed by atoms with van der Waals surface area (Å²) in [5.41, 5.74) is -0.589. The quantitative estimate of drug-likeness (QED) is 0.715. The highest BCUT2D eigenvalue weighted by molar-refractivity contribution is 7.88. The molecule has 0 atom stereocenters. The van der Waals surface area contributed by atoms with Gasteiger partial charge in [0.1, 0.15) is 0 Å². The summed E-state index contributed by atoms with van der Waals surface area (Å²) in [6, 6.07) is 0. The number of nitrogens with zero attached hydrogens (tertiary/aromatic N) is 1. The molecule has 0 saturated carbocycles. The molecule has 18 heavy (non-hydrogen) atoms. The Bertz CT molecular complexity index is 358. The Labute approximate surface area is 111 Å². The first-order valence-electron chi connectivity index (χ1n) is 6.33. The van der Waals surface area contributed by atoms with Crippen LogP contribution in [0.15, 0.2) is 0 Å². The summed E-state index contributed by atoms with van der Waals surface area (Å²) < 4.78 is 24.5. The minimum Gasteiger partial charge on any atom is -0.355 e. The molecule has 0 aromatic heterocycles. The van der Waals surface area contributed by atoms with Crippen molar-refractivity contribution in [1.29, 1.82) is 0 Å². The molecule has 0 aromatic rings. The number of nitrogens with one attached hydrogen (secondary N) is 1.